The van der Waals surface area contributed by atoms with Gasteiger partial charge in [0.25, 0.3) is 0 Å². The normalized spacial score (nSPS) is 13.8. The molecule has 3 heterocycles. The van der Waals surface area contributed by atoms with E-state index < -0.39 is 0 Å². The molecule has 1 N–H and O–H groups in total. The highest BCUT2D eigenvalue weighted by Gasteiger charge is 2.16. The first kappa shape index (κ1) is 19.1. The average Bonchev–Trinajstić information content (AvgIpc) is 3.21. The van der Waals surface area contributed by atoms with Gasteiger partial charge < -0.3 is 9.88 Å². The molecule has 0 bridgehead atoms. The number of hydrogen-bond donors (Lipinski definition) is 1. The molecule has 2 aromatic heterocycles. The van der Waals surface area contributed by atoms with E-state index in [0.717, 1.165) is 46.1 Å². The fourth-order valence-electron chi connectivity index (χ4n) is 3.18. The monoisotopic (exact) mass is 413 g/mol. The van der Waals surface area contributed by atoms with Crippen molar-refractivity contribution < 1.29 is 4.79 Å². The van der Waals surface area contributed by atoms with Gasteiger partial charge in [-0.3, -0.25) is 4.79 Å². The maximum atomic E-state index is 12.2. The van der Waals surface area contributed by atoms with Gasteiger partial charge in [-0.2, -0.15) is 0 Å². The smallest absolute Gasteiger partial charge is 0.231 e. The van der Waals surface area contributed by atoms with Gasteiger partial charge in [-0.1, -0.05) is 35.9 Å². The fraction of sp³-hybridized carbons (Fsp3) is 0.400. The molecule has 8 heteroatoms. The molecule has 0 fully saturated rings. The number of amides is 1. The number of nitrogens with one attached hydrogen (secondary N) is 1. The molecule has 1 aliphatic rings. The zero-order valence-corrected chi connectivity index (χ0v) is 17.5. The molecule has 0 unspecified atom stereocenters. The SMILES string of the molecule is Cc1ccc(NC(=O)Cc2nc(CSc3nnc4n3CCCCC4)cs2)cc1. The summed E-state index contributed by atoms with van der Waals surface area (Å²) in [5, 5.41) is 15.5. The van der Waals surface area contributed by atoms with Gasteiger partial charge in [-0.25, -0.2) is 4.98 Å². The third-order valence-corrected chi connectivity index (χ3v) is 6.57. The molecular weight excluding hydrogens is 390 g/mol. The van der Waals surface area contributed by atoms with Gasteiger partial charge in [0.05, 0.1) is 12.1 Å². The van der Waals surface area contributed by atoms with Crippen LogP contribution in [0.15, 0.2) is 34.8 Å². The van der Waals surface area contributed by atoms with Gasteiger partial charge in [-0.15, -0.1) is 21.5 Å². The molecule has 0 saturated heterocycles. The summed E-state index contributed by atoms with van der Waals surface area (Å²) < 4.78 is 2.25. The first-order chi connectivity index (χ1) is 13.7. The number of rotatable bonds is 6. The van der Waals surface area contributed by atoms with Crippen molar-refractivity contribution in [2.45, 2.75) is 56.5 Å². The highest BCUT2D eigenvalue weighted by molar-refractivity contribution is 7.98. The minimum Gasteiger partial charge on any atom is -0.326 e. The molecule has 1 amide bonds. The molecule has 3 aromatic rings. The zero-order valence-electron chi connectivity index (χ0n) is 15.9. The summed E-state index contributed by atoms with van der Waals surface area (Å²) in [5.41, 5.74) is 2.97. The maximum absolute atomic E-state index is 12.2. The second-order valence-corrected chi connectivity index (χ2v) is 8.86. The van der Waals surface area contributed by atoms with E-state index in [4.69, 9.17) is 0 Å². The van der Waals surface area contributed by atoms with Crippen LogP contribution in [0, 0.1) is 6.92 Å². The minimum atomic E-state index is -0.0415. The molecule has 6 nitrogen and oxygen atoms in total. The Morgan fingerprint density at radius 3 is 2.93 bits per heavy atom. The number of thioether (sulfide) groups is 1. The van der Waals surface area contributed by atoms with Crippen LogP contribution in [0.4, 0.5) is 5.69 Å². The number of fused-ring (bicyclic) bond motifs is 1. The van der Waals surface area contributed by atoms with Crippen LogP contribution < -0.4 is 5.32 Å². The lowest BCUT2D eigenvalue weighted by Crippen LogP contribution is -2.14. The maximum Gasteiger partial charge on any atom is 0.231 e. The van der Waals surface area contributed by atoms with Gasteiger partial charge in [0, 0.05) is 29.8 Å². The predicted molar refractivity (Wildman–Crippen MR) is 113 cm³/mol. The van der Waals surface area contributed by atoms with Crippen LogP contribution in [0.25, 0.3) is 0 Å². The fourth-order valence-corrected chi connectivity index (χ4v) is 4.95. The van der Waals surface area contributed by atoms with Crippen LogP contribution in [0.1, 0.15) is 41.4 Å². The van der Waals surface area contributed by atoms with Crippen molar-refractivity contribution >= 4 is 34.7 Å². The van der Waals surface area contributed by atoms with Crippen molar-refractivity contribution in [2.24, 2.45) is 0 Å². The van der Waals surface area contributed by atoms with E-state index in [0.29, 0.717) is 6.42 Å². The van der Waals surface area contributed by atoms with Crippen molar-refractivity contribution in [1.29, 1.82) is 0 Å². The zero-order chi connectivity index (χ0) is 19.3. The van der Waals surface area contributed by atoms with Crippen molar-refractivity contribution in [3.63, 3.8) is 0 Å². The van der Waals surface area contributed by atoms with Gasteiger partial charge in [-0.05, 0) is 31.9 Å². The second kappa shape index (κ2) is 8.87. The third-order valence-electron chi connectivity index (χ3n) is 4.67. The van der Waals surface area contributed by atoms with Crippen LogP contribution in [0.3, 0.4) is 0 Å². The summed E-state index contributed by atoms with van der Waals surface area (Å²) in [6.45, 7) is 3.03. The van der Waals surface area contributed by atoms with Crippen molar-refractivity contribution in [3.05, 3.63) is 51.7 Å². The lowest BCUT2D eigenvalue weighted by molar-refractivity contribution is -0.115. The quantitative estimate of drug-likeness (QED) is 0.612. The number of carbonyl (C=O) groups excluding carboxylic acids is 1. The Hall–Kier alpha value is -2.19. The molecule has 0 atom stereocenters. The first-order valence-electron chi connectivity index (χ1n) is 9.52. The highest BCUT2D eigenvalue weighted by Crippen LogP contribution is 2.25. The lowest BCUT2D eigenvalue weighted by Gasteiger charge is -2.05. The van der Waals surface area contributed by atoms with Crippen molar-refractivity contribution in [1.82, 2.24) is 19.7 Å². The third kappa shape index (κ3) is 4.80. The lowest BCUT2D eigenvalue weighted by atomic mass is 10.2. The minimum absolute atomic E-state index is 0.0415. The molecular formula is C20H23N5OS2. The van der Waals surface area contributed by atoms with E-state index in [9.17, 15) is 4.79 Å². The van der Waals surface area contributed by atoms with Gasteiger partial charge in [0.15, 0.2) is 5.16 Å². The Balaban J connectivity index is 1.31. The number of aryl methyl sites for hydroxylation is 2. The van der Waals surface area contributed by atoms with Gasteiger partial charge in [0.2, 0.25) is 5.91 Å². The highest BCUT2D eigenvalue weighted by atomic mass is 32.2. The summed E-state index contributed by atoms with van der Waals surface area (Å²) in [4.78, 5) is 16.9. The van der Waals surface area contributed by atoms with E-state index in [2.05, 4.69) is 25.1 Å². The van der Waals surface area contributed by atoms with Crippen molar-refractivity contribution in [3.8, 4) is 0 Å². The molecule has 0 radical (unpaired) electrons. The van der Waals surface area contributed by atoms with E-state index >= 15 is 0 Å². The van der Waals surface area contributed by atoms with Gasteiger partial charge in [0.1, 0.15) is 10.8 Å². The molecule has 0 saturated carbocycles. The number of benzene rings is 1. The number of thiazole rings is 1. The average molecular weight is 414 g/mol. The second-order valence-electron chi connectivity index (χ2n) is 6.97. The Labute approximate surface area is 172 Å². The summed E-state index contributed by atoms with van der Waals surface area (Å²) in [6, 6.07) is 7.80. The number of nitrogens with zero attached hydrogens (tertiary/aromatic N) is 4. The summed E-state index contributed by atoms with van der Waals surface area (Å²) in [6.07, 6.45) is 4.96. The van der Waals surface area contributed by atoms with E-state index in [-0.39, 0.29) is 5.91 Å². The Kier molecular flexibility index (Phi) is 6.07. The summed E-state index contributed by atoms with van der Waals surface area (Å²) in [7, 11) is 0. The Morgan fingerprint density at radius 2 is 2.07 bits per heavy atom. The van der Waals surface area contributed by atoms with Crippen LogP contribution in [0.2, 0.25) is 0 Å². The molecule has 0 aliphatic carbocycles. The van der Waals surface area contributed by atoms with E-state index in [1.165, 1.54) is 36.2 Å². The topological polar surface area (TPSA) is 72.7 Å². The van der Waals surface area contributed by atoms with Gasteiger partial charge >= 0.3 is 0 Å². The van der Waals surface area contributed by atoms with Crippen LogP contribution in [0.5, 0.6) is 0 Å². The Morgan fingerprint density at radius 1 is 1.21 bits per heavy atom. The van der Waals surface area contributed by atoms with Crippen LogP contribution in [-0.4, -0.2) is 25.7 Å². The number of aromatic nitrogens is 4. The van der Waals surface area contributed by atoms with E-state index in [1.54, 1.807) is 11.8 Å². The van der Waals surface area contributed by atoms with Crippen LogP contribution in [-0.2, 0) is 29.9 Å². The molecule has 28 heavy (non-hydrogen) atoms. The molecule has 146 valence electrons. The Bertz CT molecular complexity index is 948. The standard InChI is InChI=1S/C20H23N5OS2/c1-14-6-8-15(9-7-14)21-18(26)11-19-22-16(12-27-19)13-28-20-24-23-17-5-3-2-4-10-25(17)20/h6-9,12H,2-5,10-11,13H2,1H3,(H,21,26). The molecule has 1 aromatic carbocycles. The predicted octanol–water partition coefficient (Wildman–Crippen LogP) is 4.24. The van der Waals surface area contributed by atoms with E-state index in [1.807, 2.05) is 36.6 Å². The first-order valence-corrected chi connectivity index (χ1v) is 11.4. The number of carbonyl (C=O) groups is 1. The summed E-state index contributed by atoms with van der Waals surface area (Å²) in [5.74, 6) is 1.81. The number of anilines is 1. The summed E-state index contributed by atoms with van der Waals surface area (Å²) >= 11 is 3.21. The number of hydrogen-bond acceptors (Lipinski definition) is 6. The molecule has 1 aliphatic heterocycles. The van der Waals surface area contributed by atoms with Crippen LogP contribution >= 0.6 is 23.1 Å². The largest absolute Gasteiger partial charge is 0.326 e. The van der Waals surface area contributed by atoms with Crippen molar-refractivity contribution in [2.75, 3.05) is 5.32 Å². The molecule has 0 spiro atoms. The molecule has 4 rings (SSSR count).